The highest BCUT2D eigenvalue weighted by molar-refractivity contribution is 7.74. The number of nitrogens with zero attached hydrogens (tertiary/aromatic N) is 4. The molecule has 2 saturated heterocycles. The molecule has 0 bridgehead atoms. The number of hydrogen-bond acceptors (Lipinski definition) is 28. The highest BCUT2D eigenvalue weighted by Crippen LogP contribution is 2.46. The highest BCUT2D eigenvalue weighted by atomic mass is 32.2. The number of methoxy groups -OCH3 is 2. The molecule has 0 saturated carbocycles. The Morgan fingerprint density at radius 3 is 1.28 bits per heavy atom. The summed E-state index contributed by atoms with van der Waals surface area (Å²) in [6.45, 7) is -1.45. The Bertz CT molecular complexity index is 4180. The maximum absolute atomic E-state index is 14.8. The van der Waals surface area contributed by atoms with E-state index in [-0.39, 0.29) is 113 Å². The van der Waals surface area contributed by atoms with Crippen molar-refractivity contribution >= 4 is 81.3 Å². The second-order valence-electron chi connectivity index (χ2n) is 24.7. The van der Waals surface area contributed by atoms with Crippen LogP contribution in [0.1, 0.15) is 63.9 Å². The van der Waals surface area contributed by atoms with Crippen LogP contribution in [-0.2, 0) is 92.3 Å². The monoisotopic (exact) mass is 1500 g/mol. The van der Waals surface area contributed by atoms with Crippen molar-refractivity contribution in [2.24, 2.45) is 0 Å². The van der Waals surface area contributed by atoms with Crippen LogP contribution in [0.5, 0.6) is 40.2 Å². The molecule has 5 aromatic carbocycles. The van der Waals surface area contributed by atoms with E-state index in [0.29, 0.717) is 11.1 Å². The van der Waals surface area contributed by atoms with Crippen LogP contribution < -0.4 is 42.4 Å². The summed E-state index contributed by atoms with van der Waals surface area (Å²) in [5.74, 6) is -4.61. The average molecular weight is 1500 g/mol. The van der Waals surface area contributed by atoms with Crippen LogP contribution in [0.2, 0.25) is 0 Å². The van der Waals surface area contributed by atoms with Crippen molar-refractivity contribution in [1.82, 2.24) is 9.80 Å². The van der Waals surface area contributed by atoms with Crippen molar-refractivity contribution in [3.8, 4) is 40.2 Å². The molecule has 0 aliphatic carbocycles. The molecule has 8 heterocycles. The number of carboxylic acid groups (broad SMARTS) is 2. The average Bonchev–Trinajstić information content (AvgIpc) is 1.58. The summed E-state index contributed by atoms with van der Waals surface area (Å²) in [7, 11) is 2.62. The van der Waals surface area contributed by atoms with Crippen LogP contribution in [0, 0.1) is 0 Å². The van der Waals surface area contributed by atoms with Gasteiger partial charge >= 0.3 is 35.5 Å². The van der Waals surface area contributed by atoms with Crippen molar-refractivity contribution in [1.29, 1.82) is 0 Å². The lowest BCUT2D eigenvalue weighted by molar-refractivity contribution is -0.271. The zero-order chi connectivity index (χ0) is 73.7. The lowest BCUT2D eigenvalue weighted by atomic mass is 9.99. The van der Waals surface area contributed by atoms with E-state index < -0.39 is 146 Å². The quantitative estimate of drug-likeness (QED) is 0.0488. The zero-order valence-electron chi connectivity index (χ0n) is 54.5. The lowest BCUT2D eigenvalue weighted by Crippen LogP contribution is -2.61. The van der Waals surface area contributed by atoms with E-state index in [9.17, 15) is 88.6 Å². The molecule has 2 aromatic heterocycles. The number of rotatable bonds is 20. The van der Waals surface area contributed by atoms with Gasteiger partial charge in [0.2, 0.25) is 12.6 Å². The summed E-state index contributed by atoms with van der Waals surface area (Å²) in [6, 6.07) is 22.7. The Morgan fingerprint density at radius 1 is 0.500 bits per heavy atom. The van der Waals surface area contributed by atoms with Gasteiger partial charge in [-0.15, -0.1) is 22.7 Å². The van der Waals surface area contributed by atoms with Gasteiger partial charge in [0.05, 0.1) is 48.8 Å². The Kier molecular flexibility index (Phi) is 21.0. The maximum atomic E-state index is 14.8. The van der Waals surface area contributed by atoms with Gasteiger partial charge in [-0.05, 0) is 111 Å². The van der Waals surface area contributed by atoms with Crippen molar-refractivity contribution < 1.29 is 140 Å². The fraction of sp³-hybridized carbons (Fsp3) is 0.353. The SMILES string of the molecule is COc1cc2c(cc1OCc1cc(COc3cc4c(cc3OC)C(=O)N3Cc5ccsc5C[C@H]3C(O)N4C(=O)OCc3ccc(O[C@@H]4O[C@H](C(=O)O)[C@@H](O)[C@H](O)[C@H]4O)cc3)cc(OS(=O)O)c1)N(C(=O)OCc1ccc(O[C@@H]3O[C@H](C(=O)O)[C@@H](O)[C@H](O)[C@H]3O)cc1)C(O)[C@@H]1Cc3sccc3CN1C2=O. The molecular formula is C68H66N4O29S3. The second-order valence-corrected chi connectivity index (χ2v) is 27.3. The summed E-state index contributed by atoms with van der Waals surface area (Å²) >= 11 is -0.0329. The van der Waals surface area contributed by atoms with Crippen LogP contribution in [0.4, 0.5) is 21.0 Å². The summed E-state index contributed by atoms with van der Waals surface area (Å²) < 4.78 is 85.1. The fourth-order valence-electron chi connectivity index (χ4n) is 13.0. The molecule has 11 N–H and O–H groups in total. The number of carbonyl (C=O) groups is 6. The summed E-state index contributed by atoms with van der Waals surface area (Å²) in [5, 5.41) is 109. The molecular weight excluding hydrogens is 1430 g/mol. The van der Waals surface area contributed by atoms with Crippen molar-refractivity contribution in [2.75, 3.05) is 24.0 Å². The standard InChI is InChI=1S/C68H66N4O29S3/c1-91-45-18-39-41(71(61(81)43-22-49-34(11-13-102-49)24-69(43)59(39)79)67(87)95-26-30-3-7-36(8-4-30)97-65-55(77)51(73)53(75)57(99-65)63(83)84)20-47(45)93-28-32-15-33(17-38(16-32)101-104(89)90)29-94-48-21-42-40(19-46(48)92-2)60(80)70-25-35-12-14-103-50(35)23-44(70)62(82)72(42)68(88)96-27-31-5-9-37(10-6-31)98-66-56(78)52(74)54(76)58(100-66)64(85)86/h3-21,43-44,51-58,61-62,65-66,73-78,81-82H,22-29H2,1-2H3,(H,83,84)(H,85,86)(H,89,90)/t43-,44-,51-,52-,53-,54-,55+,56+,57-,58-,61?,62?,65+,66+/m0/s1. The number of amides is 4. The van der Waals surface area contributed by atoms with E-state index in [0.717, 1.165) is 30.7 Å². The molecule has 0 radical (unpaired) electrons. The molecule has 33 nitrogen and oxygen atoms in total. The number of aliphatic carboxylic acids is 2. The minimum Gasteiger partial charge on any atom is -0.493 e. The number of benzene rings is 5. The topological polar surface area (TPSA) is 457 Å². The minimum absolute atomic E-state index is 0.00129. The number of thiophene rings is 2. The second kappa shape index (κ2) is 30.1. The number of aliphatic hydroxyl groups is 8. The largest absolute Gasteiger partial charge is 0.493 e. The Balaban J connectivity index is 0.749. The smallest absolute Gasteiger partial charge is 0.416 e. The number of anilines is 2. The predicted molar refractivity (Wildman–Crippen MR) is 356 cm³/mol. The molecule has 550 valence electrons. The molecule has 4 amide bonds. The predicted octanol–water partition coefficient (Wildman–Crippen LogP) is 3.13. The van der Waals surface area contributed by atoms with Crippen molar-refractivity contribution in [2.45, 2.75) is 138 Å². The molecule has 6 aliphatic rings. The van der Waals surface area contributed by atoms with E-state index >= 15 is 0 Å². The van der Waals surface area contributed by atoms with Gasteiger partial charge in [0, 0.05) is 47.8 Å². The van der Waals surface area contributed by atoms with Crippen LogP contribution in [-0.4, -0.2) is 206 Å². The molecule has 6 aliphatic heterocycles. The Hall–Kier alpha value is -9.77. The van der Waals surface area contributed by atoms with Gasteiger partial charge in [-0.25, -0.2) is 29.0 Å². The van der Waals surface area contributed by atoms with Gasteiger partial charge in [0.25, 0.3) is 11.8 Å². The van der Waals surface area contributed by atoms with Crippen LogP contribution >= 0.6 is 22.7 Å². The normalized spacial score (nSPS) is 25.8. The Labute approximate surface area is 599 Å². The molecule has 0 spiro atoms. The summed E-state index contributed by atoms with van der Waals surface area (Å²) in [6.07, 6.45) is -24.0. The third-order valence-corrected chi connectivity index (χ3v) is 20.6. The van der Waals surface area contributed by atoms with E-state index in [1.54, 1.807) is 6.07 Å². The zero-order valence-corrected chi connectivity index (χ0v) is 56.9. The van der Waals surface area contributed by atoms with E-state index in [2.05, 4.69) is 0 Å². The molecule has 13 rings (SSSR count). The summed E-state index contributed by atoms with van der Waals surface area (Å²) in [5.41, 5.74) is 2.48. The number of carboxylic acids is 2. The number of aliphatic hydroxyl groups excluding tert-OH is 8. The molecule has 15 atom stereocenters. The van der Waals surface area contributed by atoms with E-state index in [1.807, 2.05) is 22.9 Å². The lowest BCUT2D eigenvalue weighted by Gasteiger charge is -2.38. The first-order chi connectivity index (χ1) is 49.9. The Morgan fingerprint density at radius 2 is 0.904 bits per heavy atom. The maximum Gasteiger partial charge on any atom is 0.416 e. The number of carbonyl (C=O) groups excluding carboxylic acids is 4. The third-order valence-electron chi connectivity index (χ3n) is 18.3. The van der Waals surface area contributed by atoms with Crippen LogP contribution in [0.3, 0.4) is 0 Å². The number of ether oxygens (including phenoxy) is 10. The van der Waals surface area contributed by atoms with Gasteiger partial charge in [-0.3, -0.25) is 14.1 Å². The minimum atomic E-state index is -2.87. The number of fused-ring (bicyclic) bond motifs is 6. The van der Waals surface area contributed by atoms with Crippen LogP contribution in [0.15, 0.2) is 114 Å². The van der Waals surface area contributed by atoms with Crippen LogP contribution in [0.25, 0.3) is 0 Å². The molecule has 36 heteroatoms. The van der Waals surface area contributed by atoms with Gasteiger partial charge in [-0.2, -0.15) is 4.21 Å². The van der Waals surface area contributed by atoms with Gasteiger partial charge in [-0.1, -0.05) is 24.3 Å². The number of hydrogen-bond donors (Lipinski definition) is 11. The molecule has 7 aromatic rings. The van der Waals surface area contributed by atoms with Crippen molar-refractivity contribution in [3.05, 3.63) is 168 Å². The van der Waals surface area contributed by atoms with Gasteiger partial charge in [0.1, 0.15) is 80.3 Å². The molecule has 3 unspecified atom stereocenters. The fourth-order valence-corrected chi connectivity index (χ4v) is 15.1. The van der Waals surface area contributed by atoms with E-state index in [1.165, 1.54) is 132 Å². The van der Waals surface area contributed by atoms with Gasteiger partial charge < -0.3 is 112 Å². The first kappa shape index (κ1) is 72.6. The molecule has 104 heavy (non-hydrogen) atoms. The van der Waals surface area contributed by atoms with E-state index in [4.69, 9.17) is 51.6 Å². The summed E-state index contributed by atoms with van der Waals surface area (Å²) in [4.78, 5) is 88.7. The highest BCUT2D eigenvalue weighted by Gasteiger charge is 2.51. The third kappa shape index (κ3) is 14.5. The molecule has 2 fully saturated rings. The first-order valence-electron chi connectivity index (χ1n) is 31.8. The first-order valence-corrected chi connectivity index (χ1v) is 34.6. The van der Waals surface area contributed by atoms with Gasteiger partial charge in [0.15, 0.2) is 47.7 Å². The van der Waals surface area contributed by atoms with Crippen molar-refractivity contribution in [3.63, 3.8) is 0 Å².